The molecule has 2 heteroatoms. The van der Waals surface area contributed by atoms with Gasteiger partial charge >= 0.3 is 0 Å². The molecule has 0 bridgehead atoms. The second kappa shape index (κ2) is 8.58. The first kappa shape index (κ1) is 13.9. The van der Waals surface area contributed by atoms with Gasteiger partial charge in [0.25, 0.3) is 0 Å². The summed E-state index contributed by atoms with van der Waals surface area (Å²) in [5.74, 6) is 0. The van der Waals surface area contributed by atoms with Crippen molar-refractivity contribution in [2.75, 3.05) is 5.32 Å². The zero-order chi connectivity index (χ0) is 12.5. The largest absolute Gasteiger partial charge is 0.382 e. The molecule has 0 radical (unpaired) electrons. The standard InChI is InChI=1S/C16H27NS/c1-2-4-6-8-10-15(11-9-7-5-3-1)17-16-12-13-18-14-16/h12-15,17H,1-11H2. The summed E-state index contributed by atoms with van der Waals surface area (Å²) in [5.41, 5.74) is 1.33. The van der Waals surface area contributed by atoms with E-state index in [1.807, 2.05) is 0 Å². The van der Waals surface area contributed by atoms with Gasteiger partial charge in [-0.2, -0.15) is 11.3 Å². The molecule has 1 heterocycles. The Labute approximate surface area is 116 Å². The van der Waals surface area contributed by atoms with Crippen molar-refractivity contribution in [3.63, 3.8) is 0 Å². The lowest BCUT2D eigenvalue weighted by Crippen LogP contribution is -2.19. The lowest BCUT2D eigenvalue weighted by Gasteiger charge is -2.19. The molecule has 0 aliphatic heterocycles. The Morgan fingerprint density at radius 2 is 1.39 bits per heavy atom. The minimum absolute atomic E-state index is 0.707. The minimum Gasteiger partial charge on any atom is -0.382 e. The zero-order valence-electron chi connectivity index (χ0n) is 11.5. The van der Waals surface area contributed by atoms with Crippen molar-refractivity contribution < 1.29 is 0 Å². The zero-order valence-corrected chi connectivity index (χ0v) is 12.3. The predicted molar refractivity (Wildman–Crippen MR) is 82.5 cm³/mol. The Balaban J connectivity index is 1.77. The monoisotopic (exact) mass is 265 g/mol. The van der Waals surface area contributed by atoms with E-state index in [1.54, 1.807) is 11.3 Å². The molecule has 1 fully saturated rings. The summed E-state index contributed by atoms with van der Waals surface area (Å²) in [5, 5.41) is 8.12. The SMILES string of the molecule is c1cc(NC2CCCCCCCCCCC2)cs1. The summed E-state index contributed by atoms with van der Waals surface area (Å²) in [6.07, 6.45) is 15.7. The maximum absolute atomic E-state index is 3.72. The molecule has 18 heavy (non-hydrogen) atoms. The lowest BCUT2D eigenvalue weighted by atomic mass is 9.98. The molecule has 0 unspecified atom stereocenters. The Hall–Kier alpha value is -0.500. The van der Waals surface area contributed by atoms with Crippen LogP contribution >= 0.6 is 11.3 Å². The van der Waals surface area contributed by atoms with E-state index in [-0.39, 0.29) is 0 Å². The molecule has 1 aromatic heterocycles. The van der Waals surface area contributed by atoms with Crippen LogP contribution < -0.4 is 5.32 Å². The molecule has 1 aliphatic rings. The van der Waals surface area contributed by atoms with Gasteiger partial charge in [-0.1, -0.05) is 57.8 Å². The molecule has 0 aromatic carbocycles. The van der Waals surface area contributed by atoms with Crippen molar-refractivity contribution in [1.82, 2.24) is 0 Å². The van der Waals surface area contributed by atoms with Crippen molar-refractivity contribution in [3.05, 3.63) is 16.8 Å². The van der Waals surface area contributed by atoms with E-state index in [0.717, 1.165) is 0 Å². The summed E-state index contributed by atoms with van der Waals surface area (Å²) < 4.78 is 0. The van der Waals surface area contributed by atoms with Crippen LogP contribution in [-0.4, -0.2) is 6.04 Å². The molecule has 0 atom stereocenters. The Kier molecular flexibility index (Phi) is 6.63. The fourth-order valence-corrected chi connectivity index (χ4v) is 3.49. The van der Waals surface area contributed by atoms with Gasteiger partial charge in [0.2, 0.25) is 0 Å². The molecule has 1 aliphatic carbocycles. The van der Waals surface area contributed by atoms with Gasteiger partial charge in [0.1, 0.15) is 0 Å². The third kappa shape index (κ3) is 5.43. The highest BCUT2D eigenvalue weighted by Gasteiger charge is 2.09. The first-order valence-corrected chi connectivity index (χ1v) is 8.68. The van der Waals surface area contributed by atoms with E-state index in [0.29, 0.717) is 6.04 Å². The Bertz CT molecular complexity index is 282. The average Bonchev–Trinajstić information content (AvgIpc) is 2.85. The molecule has 0 saturated heterocycles. The summed E-state index contributed by atoms with van der Waals surface area (Å²) in [4.78, 5) is 0. The molecule has 0 spiro atoms. The van der Waals surface area contributed by atoms with Crippen molar-refractivity contribution in [3.8, 4) is 0 Å². The molecule has 1 N–H and O–H groups in total. The normalized spacial score (nSPS) is 20.9. The van der Waals surface area contributed by atoms with Crippen molar-refractivity contribution in [2.24, 2.45) is 0 Å². The van der Waals surface area contributed by atoms with Crippen LogP contribution in [0, 0.1) is 0 Å². The second-order valence-electron chi connectivity index (χ2n) is 5.61. The molecule has 2 rings (SSSR count). The fourth-order valence-electron chi connectivity index (χ4n) is 2.89. The van der Waals surface area contributed by atoms with Gasteiger partial charge in [0.05, 0.1) is 0 Å². The number of thiophene rings is 1. The summed E-state index contributed by atoms with van der Waals surface area (Å²) in [6, 6.07) is 2.92. The van der Waals surface area contributed by atoms with Crippen LogP contribution in [0.3, 0.4) is 0 Å². The van der Waals surface area contributed by atoms with Crippen LogP contribution in [0.15, 0.2) is 16.8 Å². The Morgan fingerprint density at radius 1 is 0.833 bits per heavy atom. The summed E-state index contributed by atoms with van der Waals surface area (Å²) in [6.45, 7) is 0. The van der Waals surface area contributed by atoms with Crippen molar-refractivity contribution >= 4 is 17.0 Å². The molecule has 1 aromatic rings. The highest BCUT2D eigenvalue weighted by Crippen LogP contribution is 2.21. The maximum atomic E-state index is 3.72. The van der Waals surface area contributed by atoms with E-state index in [9.17, 15) is 0 Å². The predicted octanol–water partition coefficient (Wildman–Crippen LogP) is 5.83. The highest BCUT2D eigenvalue weighted by molar-refractivity contribution is 7.08. The summed E-state index contributed by atoms with van der Waals surface area (Å²) >= 11 is 1.79. The number of anilines is 1. The van der Waals surface area contributed by atoms with E-state index in [2.05, 4.69) is 22.1 Å². The third-order valence-corrected chi connectivity index (χ3v) is 4.68. The first-order chi connectivity index (χ1) is 8.95. The van der Waals surface area contributed by atoms with E-state index >= 15 is 0 Å². The summed E-state index contributed by atoms with van der Waals surface area (Å²) in [7, 11) is 0. The second-order valence-corrected chi connectivity index (χ2v) is 6.39. The number of rotatable bonds is 2. The third-order valence-electron chi connectivity index (χ3n) is 4.00. The average molecular weight is 265 g/mol. The highest BCUT2D eigenvalue weighted by atomic mass is 32.1. The van der Waals surface area contributed by atoms with Gasteiger partial charge in [-0.05, 0) is 24.3 Å². The molecular formula is C16H27NS. The van der Waals surface area contributed by atoms with Crippen LogP contribution in [0.2, 0.25) is 0 Å². The van der Waals surface area contributed by atoms with Gasteiger partial charge in [0.15, 0.2) is 0 Å². The molecular weight excluding hydrogens is 238 g/mol. The minimum atomic E-state index is 0.707. The van der Waals surface area contributed by atoms with Crippen LogP contribution in [0.5, 0.6) is 0 Å². The molecule has 1 saturated carbocycles. The van der Waals surface area contributed by atoms with Crippen molar-refractivity contribution in [1.29, 1.82) is 0 Å². The van der Waals surface area contributed by atoms with E-state index in [4.69, 9.17) is 0 Å². The number of nitrogens with one attached hydrogen (secondary N) is 1. The quantitative estimate of drug-likeness (QED) is 0.709. The van der Waals surface area contributed by atoms with Crippen LogP contribution in [0.1, 0.15) is 70.6 Å². The molecule has 1 nitrogen and oxygen atoms in total. The lowest BCUT2D eigenvalue weighted by molar-refractivity contribution is 0.480. The van der Waals surface area contributed by atoms with Crippen molar-refractivity contribution in [2.45, 2.75) is 76.7 Å². The van der Waals surface area contributed by atoms with Gasteiger partial charge in [-0.25, -0.2) is 0 Å². The van der Waals surface area contributed by atoms with Gasteiger partial charge in [0, 0.05) is 17.1 Å². The van der Waals surface area contributed by atoms with E-state index < -0.39 is 0 Å². The Morgan fingerprint density at radius 3 is 1.89 bits per heavy atom. The number of hydrogen-bond donors (Lipinski definition) is 1. The van der Waals surface area contributed by atoms with Crippen LogP contribution in [0.25, 0.3) is 0 Å². The molecule has 102 valence electrons. The van der Waals surface area contributed by atoms with Gasteiger partial charge in [-0.3, -0.25) is 0 Å². The fraction of sp³-hybridized carbons (Fsp3) is 0.750. The van der Waals surface area contributed by atoms with Crippen LogP contribution in [0.4, 0.5) is 5.69 Å². The van der Waals surface area contributed by atoms with E-state index in [1.165, 1.54) is 76.3 Å². The number of hydrogen-bond acceptors (Lipinski definition) is 2. The van der Waals surface area contributed by atoms with Gasteiger partial charge < -0.3 is 5.32 Å². The topological polar surface area (TPSA) is 12.0 Å². The van der Waals surface area contributed by atoms with Gasteiger partial charge in [-0.15, -0.1) is 0 Å². The molecule has 0 amide bonds. The van der Waals surface area contributed by atoms with Crippen LogP contribution in [-0.2, 0) is 0 Å². The maximum Gasteiger partial charge on any atom is 0.0450 e. The smallest absolute Gasteiger partial charge is 0.0450 e. The first-order valence-electron chi connectivity index (χ1n) is 7.74.